The van der Waals surface area contributed by atoms with Gasteiger partial charge in [-0.2, -0.15) is 0 Å². The van der Waals surface area contributed by atoms with Crippen LogP contribution in [-0.4, -0.2) is 35.6 Å². The van der Waals surface area contributed by atoms with E-state index >= 15 is 0 Å². The Morgan fingerprint density at radius 2 is 1.33 bits per heavy atom. The Bertz CT molecular complexity index is 504. The van der Waals surface area contributed by atoms with Gasteiger partial charge in [-0.15, -0.1) is 0 Å². The van der Waals surface area contributed by atoms with Crippen LogP contribution < -0.4 is 0 Å². The van der Waals surface area contributed by atoms with Crippen LogP contribution in [0.25, 0.3) is 0 Å². The number of ether oxygens (including phenoxy) is 1. The average molecular weight is 282 g/mol. The summed E-state index contributed by atoms with van der Waals surface area (Å²) in [5.41, 5.74) is 0. The largest absolute Gasteiger partial charge is 0.381 e. The van der Waals surface area contributed by atoms with Crippen molar-refractivity contribution < 1.29 is 4.74 Å². The molecule has 0 aliphatic carbocycles. The summed E-state index contributed by atoms with van der Waals surface area (Å²) in [5, 5.41) is 0. The zero-order chi connectivity index (χ0) is 14.6. The number of rotatable bonds is 8. The molecule has 0 aliphatic heterocycles. The van der Waals surface area contributed by atoms with Gasteiger partial charge in [-0.05, 0) is 24.3 Å². The Labute approximate surface area is 124 Å². The van der Waals surface area contributed by atoms with Gasteiger partial charge in [-0.25, -0.2) is 20.0 Å². The summed E-state index contributed by atoms with van der Waals surface area (Å²) in [6.07, 6.45) is 8.64. The van der Waals surface area contributed by atoms with E-state index in [1.807, 2.05) is 48.8 Å². The van der Waals surface area contributed by atoms with Gasteiger partial charge < -0.3 is 4.74 Å². The number of aliphatic imine (C=N–C) groups is 2. The predicted molar refractivity (Wildman–Crippen MR) is 84.8 cm³/mol. The Morgan fingerprint density at radius 3 is 1.76 bits per heavy atom. The van der Waals surface area contributed by atoms with Crippen LogP contribution >= 0.6 is 0 Å². The maximum atomic E-state index is 5.49. The number of hydrogen-bond acceptors (Lipinski definition) is 5. The van der Waals surface area contributed by atoms with E-state index in [0.717, 1.165) is 24.5 Å². The monoisotopic (exact) mass is 282 g/mol. The fourth-order valence-corrected chi connectivity index (χ4v) is 1.55. The third-order valence-electron chi connectivity index (χ3n) is 2.53. The Kier molecular flexibility index (Phi) is 6.78. The summed E-state index contributed by atoms with van der Waals surface area (Å²) in [6, 6.07) is 11.3. The second-order valence-corrected chi connectivity index (χ2v) is 4.19. The molecular weight excluding hydrogens is 264 g/mol. The fourth-order valence-electron chi connectivity index (χ4n) is 1.55. The summed E-state index contributed by atoms with van der Waals surface area (Å²) >= 11 is 0. The smallest absolute Gasteiger partial charge is 0.151 e. The molecule has 5 heteroatoms. The van der Waals surface area contributed by atoms with Gasteiger partial charge in [0.05, 0.1) is 13.2 Å². The lowest BCUT2D eigenvalue weighted by molar-refractivity contribution is 0.149. The molecule has 0 saturated carbocycles. The summed E-state index contributed by atoms with van der Waals surface area (Å²) in [5.74, 6) is 1.44. The average Bonchev–Trinajstić information content (AvgIpc) is 2.55. The highest BCUT2D eigenvalue weighted by Gasteiger charge is 1.89. The van der Waals surface area contributed by atoms with Crippen LogP contribution in [0.5, 0.6) is 0 Å². The van der Waals surface area contributed by atoms with Gasteiger partial charge in [0.1, 0.15) is 0 Å². The molecular formula is C16H18N4O. The highest BCUT2D eigenvalue weighted by atomic mass is 16.5. The Hall–Kier alpha value is -2.40. The number of nitrogens with zero attached hydrogens (tertiary/aromatic N) is 4. The van der Waals surface area contributed by atoms with Crippen molar-refractivity contribution in [2.45, 2.75) is 12.8 Å². The van der Waals surface area contributed by atoms with E-state index in [4.69, 9.17) is 4.74 Å². The molecule has 0 radical (unpaired) electrons. The number of hydrogen-bond donors (Lipinski definition) is 0. The Morgan fingerprint density at radius 1 is 0.810 bits per heavy atom. The zero-order valence-electron chi connectivity index (χ0n) is 11.8. The normalized spacial score (nSPS) is 11.4. The molecule has 5 nitrogen and oxygen atoms in total. The summed E-state index contributed by atoms with van der Waals surface area (Å²) < 4.78 is 5.49. The highest BCUT2D eigenvalue weighted by molar-refractivity contribution is 5.62. The van der Waals surface area contributed by atoms with Crippen LogP contribution in [0.15, 0.2) is 58.8 Å². The van der Waals surface area contributed by atoms with E-state index in [1.54, 1.807) is 12.4 Å². The van der Waals surface area contributed by atoms with E-state index in [1.165, 1.54) is 0 Å². The van der Waals surface area contributed by atoms with Crippen molar-refractivity contribution >= 4 is 24.1 Å². The number of aromatic nitrogens is 2. The minimum atomic E-state index is 0.647. The van der Waals surface area contributed by atoms with E-state index in [2.05, 4.69) is 20.0 Å². The van der Waals surface area contributed by atoms with Crippen molar-refractivity contribution in [3.8, 4) is 0 Å². The maximum Gasteiger partial charge on any atom is 0.151 e. The molecule has 0 bridgehead atoms. The molecule has 2 aromatic heterocycles. The van der Waals surface area contributed by atoms with Crippen LogP contribution in [-0.2, 0) is 4.74 Å². The second-order valence-electron chi connectivity index (χ2n) is 4.19. The first-order valence-corrected chi connectivity index (χ1v) is 6.90. The van der Waals surface area contributed by atoms with Crippen molar-refractivity contribution in [1.82, 2.24) is 9.97 Å². The van der Waals surface area contributed by atoms with Crippen molar-refractivity contribution in [3.63, 3.8) is 0 Å². The SMILES string of the molecule is C(CCOCCC=Nc1ccccn1)=Nc1ccccn1. The van der Waals surface area contributed by atoms with E-state index in [9.17, 15) is 0 Å². The van der Waals surface area contributed by atoms with Crippen LogP contribution in [0, 0.1) is 0 Å². The fraction of sp³-hybridized carbons (Fsp3) is 0.250. The van der Waals surface area contributed by atoms with Crippen molar-refractivity contribution in [2.75, 3.05) is 13.2 Å². The Balaban J connectivity index is 1.52. The van der Waals surface area contributed by atoms with Crippen LogP contribution in [0.1, 0.15) is 12.8 Å². The molecule has 2 rings (SSSR count). The van der Waals surface area contributed by atoms with Crippen LogP contribution in [0.2, 0.25) is 0 Å². The molecule has 21 heavy (non-hydrogen) atoms. The topological polar surface area (TPSA) is 59.7 Å². The van der Waals surface area contributed by atoms with E-state index in [-0.39, 0.29) is 0 Å². The molecule has 0 fully saturated rings. The molecule has 2 aromatic rings. The molecule has 2 heterocycles. The van der Waals surface area contributed by atoms with Gasteiger partial charge in [0.15, 0.2) is 11.6 Å². The van der Waals surface area contributed by atoms with E-state index < -0.39 is 0 Å². The quantitative estimate of drug-likeness (QED) is 0.551. The lowest BCUT2D eigenvalue weighted by Gasteiger charge is -1.98. The van der Waals surface area contributed by atoms with Gasteiger partial charge in [0.2, 0.25) is 0 Å². The van der Waals surface area contributed by atoms with E-state index in [0.29, 0.717) is 13.2 Å². The first-order chi connectivity index (χ1) is 10.4. The van der Waals surface area contributed by atoms with Gasteiger partial charge in [-0.1, -0.05) is 12.1 Å². The van der Waals surface area contributed by atoms with Gasteiger partial charge in [0.25, 0.3) is 0 Å². The summed E-state index contributed by atoms with van der Waals surface area (Å²) in [6.45, 7) is 1.29. The molecule has 108 valence electrons. The third kappa shape index (κ3) is 6.54. The lowest BCUT2D eigenvalue weighted by atomic mass is 10.4. The minimum absolute atomic E-state index is 0.647. The molecule has 0 amide bonds. The van der Waals surface area contributed by atoms with Crippen LogP contribution in [0.4, 0.5) is 11.6 Å². The maximum absolute atomic E-state index is 5.49. The second kappa shape index (κ2) is 9.50. The first kappa shape index (κ1) is 15.0. The summed E-state index contributed by atoms with van der Waals surface area (Å²) in [4.78, 5) is 16.7. The third-order valence-corrected chi connectivity index (χ3v) is 2.53. The van der Waals surface area contributed by atoms with Gasteiger partial charge in [0, 0.05) is 37.7 Å². The summed E-state index contributed by atoms with van der Waals surface area (Å²) in [7, 11) is 0. The van der Waals surface area contributed by atoms with Crippen molar-refractivity contribution in [2.24, 2.45) is 9.98 Å². The van der Waals surface area contributed by atoms with Gasteiger partial charge >= 0.3 is 0 Å². The predicted octanol–water partition coefficient (Wildman–Crippen LogP) is 3.38. The van der Waals surface area contributed by atoms with Crippen molar-refractivity contribution in [1.29, 1.82) is 0 Å². The minimum Gasteiger partial charge on any atom is -0.381 e. The molecule has 0 atom stereocenters. The first-order valence-electron chi connectivity index (χ1n) is 6.90. The lowest BCUT2D eigenvalue weighted by Crippen LogP contribution is -1.97. The molecule has 0 saturated heterocycles. The number of pyridine rings is 2. The van der Waals surface area contributed by atoms with Crippen molar-refractivity contribution in [3.05, 3.63) is 48.8 Å². The zero-order valence-corrected chi connectivity index (χ0v) is 11.8. The standard InChI is InChI=1S/C16H18N4O/c1-3-9-17-15(7-1)19-11-5-13-21-14-6-12-20-16-8-2-4-10-18-16/h1-4,7-12H,5-6,13-14H2. The van der Waals surface area contributed by atoms with Gasteiger partial charge in [-0.3, -0.25) is 0 Å². The highest BCUT2D eigenvalue weighted by Crippen LogP contribution is 2.04. The molecule has 0 spiro atoms. The van der Waals surface area contributed by atoms with Crippen LogP contribution in [0.3, 0.4) is 0 Å². The molecule has 0 aliphatic rings. The molecule has 0 unspecified atom stereocenters. The molecule has 0 aromatic carbocycles. The molecule has 0 N–H and O–H groups in total.